The Balaban J connectivity index is 1.88. The minimum atomic E-state index is 0.836. The van der Waals surface area contributed by atoms with Crippen LogP contribution in [0.2, 0.25) is 0 Å². The summed E-state index contributed by atoms with van der Waals surface area (Å²) in [6.45, 7) is 6.17. The van der Waals surface area contributed by atoms with Gasteiger partial charge in [-0.05, 0) is 25.7 Å². The molecule has 0 fully saturated rings. The molecule has 0 spiro atoms. The molecular weight excluding hydrogens is 222 g/mol. The molecule has 3 nitrogen and oxygen atoms in total. The van der Waals surface area contributed by atoms with E-state index in [1.165, 1.54) is 5.39 Å². The van der Waals surface area contributed by atoms with Crippen LogP contribution in [0.15, 0.2) is 36.4 Å². The number of rotatable bonds is 6. The van der Waals surface area contributed by atoms with Gasteiger partial charge in [0.2, 0.25) is 0 Å². The van der Waals surface area contributed by atoms with Gasteiger partial charge >= 0.3 is 0 Å². The number of aromatic nitrogens is 1. The molecule has 0 saturated heterocycles. The number of pyridine rings is 1. The third-order valence-corrected chi connectivity index (χ3v) is 3.17. The Kier molecular flexibility index (Phi) is 4.67. The van der Waals surface area contributed by atoms with Gasteiger partial charge in [-0.2, -0.15) is 0 Å². The molecule has 1 heterocycles. The van der Waals surface area contributed by atoms with Gasteiger partial charge in [-0.15, -0.1) is 0 Å². The van der Waals surface area contributed by atoms with E-state index < -0.39 is 0 Å². The molecule has 0 radical (unpaired) electrons. The first-order valence-electron chi connectivity index (χ1n) is 6.53. The summed E-state index contributed by atoms with van der Waals surface area (Å²) in [7, 11) is 2.13. The highest BCUT2D eigenvalue weighted by Crippen LogP contribution is 2.11. The maximum absolute atomic E-state index is 4.64. The Morgan fingerprint density at radius 1 is 1.17 bits per heavy atom. The van der Waals surface area contributed by atoms with E-state index in [1.807, 2.05) is 12.1 Å². The van der Waals surface area contributed by atoms with Crippen molar-refractivity contribution < 1.29 is 0 Å². The number of likely N-dealkylation sites (N-methyl/N-ethyl adjacent to an activating group) is 1. The lowest BCUT2D eigenvalue weighted by atomic mass is 10.2. The second-order valence-electron chi connectivity index (χ2n) is 4.57. The van der Waals surface area contributed by atoms with E-state index in [9.17, 15) is 0 Å². The maximum atomic E-state index is 4.64. The van der Waals surface area contributed by atoms with Gasteiger partial charge in [0.05, 0.1) is 11.2 Å². The van der Waals surface area contributed by atoms with Gasteiger partial charge < -0.3 is 10.2 Å². The normalized spacial score (nSPS) is 11.3. The van der Waals surface area contributed by atoms with Crippen molar-refractivity contribution in [3.05, 3.63) is 42.1 Å². The number of benzene rings is 1. The van der Waals surface area contributed by atoms with Gasteiger partial charge in [0.25, 0.3) is 0 Å². The van der Waals surface area contributed by atoms with E-state index in [1.54, 1.807) is 0 Å². The second-order valence-corrected chi connectivity index (χ2v) is 4.57. The molecular formula is C15H21N3. The van der Waals surface area contributed by atoms with Crippen LogP contribution in [0.5, 0.6) is 0 Å². The molecule has 18 heavy (non-hydrogen) atoms. The number of nitrogens with one attached hydrogen (secondary N) is 1. The summed E-state index contributed by atoms with van der Waals surface area (Å²) in [5, 5.41) is 4.63. The van der Waals surface area contributed by atoms with Gasteiger partial charge in [0, 0.05) is 25.0 Å². The number of nitrogens with zero attached hydrogens (tertiary/aromatic N) is 2. The molecule has 96 valence electrons. The zero-order valence-electron chi connectivity index (χ0n) is 11.2. The number of hydrogen-bond donors (Lipinski definition) is 1. The molecule has 1 aromatic heterocycles. The van der Waals surface area contributed by atoms with Crippen LogP contribution in [0.3, 0.4) is 0 Å². The first-order chi connectivity index (χ1) is 8.79. The minimum absolute atomic E-state index is 0.836. The van der Waals surface area contributed by atoms with Crippen molar-refractivity contribution in [1.82, 2.24) is 15.2 Å². The highest BCUT2D eigenvalue weighted by Gasteiger charge is 1.98. The number of para-hydroxylation sites is 1. The van der Waals surface area contributed by atoms with Crippen LogP contribution in [0.4, 0.5) is 0 Å². The molecule has 1 aromatic carbocycles. The molecule has 0 unspecified atom stereocenters. The van der Waals surface area contributed by atoms with Crippen molar-refractivity contribution in [3.63, 3.8) is 0 Å². The van der Waals surface area contributed by atoms with E-state index in [2.05, 4.69) is 53.4 Å². The third-order valence-electron chi connectivity index (χ3n) is 3.17. The monoisotopic (exact) mass is 243 g/mol. The molecule has 0 aliphatic rings. The molecule has 2 rings (SSSR count). The Hall–Kier alpha value is -1.45. The van der Waals surface area contributed by atoms with Crippen LogP contribution < -0.4 is 5.32 Å². The van der Waals surface area contributed by atoms with Crippen molar-refractivity contribution in [2.45, 2.75) is 13.5 Å². The zero-order valence-corrected chi connectivity index (χ0v) is 11.2. The van der Waals surface area contributed by atoms with Gasteiger partial charge in [-0.1, -0.05) is 31.2 Å². The van der Waals surface area contributed by atoms with Crippen LogP contribution in [0.25, 0.3) is 10.9 Å². The smallest absolute Gasteiger partial charge is 0.0705 e. The van der Waals surface area contributed by atoms with E-state index >= 15 is 0 Å². The SMILES string of the molecule is CCN(C)CCNCc1ccc2ccccc2n1. The van der Waals surface area contributed by atoms with E-state index in [0.717, 1.165) is 37.4 Å². The topological polar surface area (TPSA) is 28.2 Å². The second kappa shape index (κ2) is 6.47. The highest BCUT2D eigenvalue weighted by molar-refractivity contribution is 5.78. The van der Waals surface area contributed by atoms with Crippen molar-refractivity contribution in [1.29, 1.82) is 0 Å². The summed E-state index contributed by atoms with van der Waals surface area (Å²) in [5.74, 6) is 0. The average Bonchev–Trinajstić information content (AvgIpc) is 2.43. The van der Waals surface area contributed by atoms with Crippen LogP contribution in [-0.4, -0.2) is 36.6 Å². The minimum Gasteiger partial charge on any atom is -0.310 e. The fraction of sp³-hybridized carbons (Fsp3) is 0.400. The Bertz CT molecular complexity index is 496. The fourth-order valence-corrected chi connectivity index (χ4v) is 1.85. The van der Waals surface area contributed by atoms with Crippen LogP contribution in [0.1, 0.15) is 12.6 Å². The summed E-state index contributed by atoms with van der Waals surface area (Å²) >= 11 is 0. The molecule has 0 bridgehead atoms. The largest absolute Gasteiger partial charge is 0.310 e. The lowest BCUT2D eigenvalue weighted by Gasteiger charge is -2.13. The maximum Gasteiger partial charge on any atom is 0.0705 e. The molecule has 1 N–H and O–H groups in total. The van der Waals surface area contributed by atoms with Crippen LogP contribution in [0, 0.1) is 0 Å². The van der Waals surface area contributed by atoms with Crippen LogP contribution >= 0.6 is 0 Å². The van der Waals surface area contributed by atoms with Crippen molar-refractivity contribution >= 4 is 10.9 Å². The lowest BCUT2D eigenvalue weighted by molar-refractivity contribution is 0.348. The summed E-state index contributed by atoms with van der Waals surface area (Å²) in [6.07, 6.45) is 0. The number of fused-ring (bicyclic) bond motifs is 1. The van der Waals surface area contributed by atoms with Crippen LogP contribution in [-0.2, 0) is 6.54 Å². The van der Waals surface area contributed by atoms with Crippen molar-refractivity contribution in [2.75, 3.05) is 26.7 Å². The summed E-state index contributed by atoms with van der Waals surface area (Å²) in [6, 6.07) is 12.5. The summed E-state index contributed by atoms with van der Waals surface area (Å²) < 4.78 is 0. The molecule has 0 saturated carbocycles. The predicted octanol–water partition coefficient (Wildman–Crippen LogP) is 2.28. The van der Waals surface area contributed by atoms with Gasteiger partial charge in [-0.3, -0.25) is 4.98 Å². The lowest BCUT2D eigenvalue weighted by Crippen LogP contribution is -2.28. The highest BCUT2D eigenvalue weighted by atomic mass is 15.1. The molecule has 0 amide bonds. The Morgan fingerprint density at radius 3 is 2.83 bits per heavy atom. The summed E-state index contributed by atoms with van der Waals surface area (Å²) in [5.41, 5.74) is 2.18. The number of hydrogen-bond acceptors (Lipinski definition) is 3. The quantitative estimate of drug-likeness (QED) is 0.789. The average molecular weight is 243 g/mol. The molecule has 0 aliphatic heterocycles. The van der Waals surface area contributed by atoms with Gasteiger partial charge in [-0.25, -0.2) is 0 Å². The Labute approximate surface area is 109 Å². The molecule has 2 aromatic rings. The fourth-order valence-electron chi connectivity index (χ4n) is 1.85. The molecule has 0 atom stereocenters. The molecule has 0 aliphatic carbocycles. The van der Waals surface area contributed by atoms with Gasteiger partial charge in [0.15, 0.2) is 0 Å². The third kappa shape index (κ3) is 3.52. The molecule has 3 heteroatoms. The van der Waals surface area contributed by atoms with E-state index in [4.69, 9.17) is 0 Å². The Morgan fingerprint density at radius 2 is 2.00 bits per heavy atom. The first kappa shape index (κ1) is 13.0. The van der Waals surface area contributed by atoms with E-state index in [0.29, 0.717) is 0 Å². The predicted molar refractivity (Wildman–Crippen MR) is 76.6 cm³/mol. The first-order valence-corrected chi connectivity index (χ1v) is 6.53. The summed E-state index contributed by atoms with van der Waals surface area (Å²) in [4.78, 5) is 6.93. The zero-order chi connectivity index (χ0) is 12.8. The van der Waals surface area contributed by atoms with Gasteiger partial charge in [0.1, 0.15) is 0 Å². The van der Waals surface area contributed by atoms with Crippen molar-refractivity contribution in [3.8, 4) is 0 Å². The van der Waals surface area contributed by atoms with Crippen molar-refractivity contribution in [2.24, 2.45) is 0 Å². The van der Waals surface area contributed by atoms with E-state index in [-0.39, 0.29) is 0 Å². The standard InChI is InChI=1S/C15H21N3/c1-3-18(2)11-10-16-12-14-9-8-13-6-4-5-7-15(13)17-14/h4-9,16H,3,10-12H2,1-2H3.